The van der Waals surface area contributed by atoms with E-state index in [2.05, 4.69) is 32.3 Å². The number of Topliss-reactive ketones (excluding diaryl/α,β-unsaturated/α-hetero) is 1. The van der Waals surface area contributed by atoms with Gasteiger partial charge < -0.3 is 19.5 Å². The van der Waals surface area contributed by atoms with Gasteiger partial charge in [-0.25, -0.2) is 0 Å². The van der Waals surface area contributed by atoms with Gasteiger partial charge in [0.05, 0.1) is 24.8 Å². The number of carbonyl (C=O) groups excluding carboxylic acids is 2. The van der Waals surface area contributed by atoms with Crippen molar-refractivity contribution in [1.29, 1.82) is 0 Å². The Kier molecular flexibility index (Phi) is 8.93. The Morgan fingerprint density at radius 3 is 2.41 bits per heavy atom. The second-order valence-electron chi connectivity index (χ2n) is 11.2. The zero-order valence-corrected chi connectivity index (χ0v) is 23.5. The molecule has 2 aromatic carbocycles. The molecule has 0 bridgehead atoms. The van der Waals surface area contributed by atoms with Crippen LogP contribution in [0.5, 0.6) is 5.75 Å². The minimum absolute atomic E-state index is 0.0367. The first-order valence-electron chi connectivity index (χ1n) is 13.7. The van der Waals surface area contributed by atoms with E-state index >= 15 is 0 Å². The molecule has 2 aliphatic heterocycles. The minimum atomic E-state index is -0.667. The summed E-state index contributed by atoms with van der Waals surface area (Å²) in [6.07, 6.45) is 2.38. The monoisotopic (exact) mass is 532 g/mol. The molecule has 0 aromatic heterocycles. The molecule has 7 heteroatoms. The molecule has 1 amide bonds. The van der Waals surface area contributed by atoms with E-state index in [0.29, 0.717) is 37.7 Å². The Morgan fingerprint density at radius 1 is 1.10 bits per heavy atom. The molecule has 1 atom stereocenters. The number of nitrogens with zero attached hydrogens (tertiary/aromatic N) is 2. The largest absolute Gasteiger partial charge is 0.507 e. The number of ketones is 1. The zero-order chi connectivity index (χ0) is 28.2. The van der Waals surface area contributed by atoms with Crippen molar-refractivity contribution in [2.24, 2.45) is 0 Å². The average Bonchev–Trinajstić information content (AvgIpc) is 3.17. The van der Waals surface area contributed by atoms with Crippen molar-refractivity contribution in [2.45, 2.75) is 45.6 Å². The van der Waals surface area contributed by atoms with Gasteiger partial charge in [0.25, 0.3) is 11.7 Å². The van der Waals surface area contributed by atoms with Crippen LogP contribution in [-0.2, 0) is 19.7 Å². The number of ether oxygens (including phenoxy) is 2. The molecule has 1 N–H and O–H groups in total. The SMILES string of the molecule is C=CCOc1ccc(C(O)=C2C(=O)C(=O)N(CCCN3CCOCC3)[C@H]2c2ccc(C(C)(C)C)cc2)c(C)c1. The van der Waals surface area contributed by atoms with Crippen LogP contribution in [0, 0.1) is 6.92 Å². The second kappa shape index (κ2) is 12.2. The summed E-state index contributed by atoms with van der Waals surface area (Å²) < 4.78 is 11.1. The fourth-order valence-corrected chi connectivity index (χ4v) is 5.20. The number of aliphatic hydroxyl groups is 1. The average molecular weight is 533 g/mol. The molecular weight excluding hydrogens is 492 g/mol. The summed E-state index contributed by atoms with van der Waals surface area (Å²) in [5.41, 5.74) is 3.29. The number of likely N-dealkylation sites (tertiary alicyclic amines) is 1. The summed E-state index contributed by atoms with van der Waals surface area (Å²) in [4.78, 5) is 30.8. The Balaban J connectivity index is 1.70. The van der Waals surface area contributed by atoms with E-state index in [4.69, 9.17) is 9.47 Å². The van der Waals surface area contributed by atoms with E-state index in [1.807, 2.05) is 37.3 Å². The Bertz CT molecular complexity index is 1240. The highest BCUT2D eigenvalue weighted by Crippen LogP contribution is 2.40. The van der Waals surface area contributed by atoms with E-state index in [9.17, 15) is 14.7 Å². The van der Waals surface area contributed by atoms with Crippen molar-refractivity contribution >= 4 is 17.4 Å². The molecule has 0 spiro atoms. The minimum Gasteiger partial charge on any atom is -0.507 e. The quantitative estimate of drug-likeness (QED) is 0.212. The maximum Gasteiger partial charge on any atom is 0.295 e. The van der Waals surface area contributed by atoms with Crippen LogP contribution in [0.4, 0.5) is 0 Å². The molecule has 2 aromatic rings. The number of rotatable bonds is 9. The number of benzene rings is 2. The summed E-state index contributed by atoms with van der Waals surface area (Å²) in [6, 6.07) is 12.6. The van der Waals surface area contributed by atoms with Crippen LogP contribution in [0.15, 0.2) is 60.7 Å². The highest BCUT2D eigenvalue weighted by Gasteiger charge is 2.46. The molecule has 7 nitrogen and oxygen atoms in total. The van der Waals surface area contributed by atoms with Crippen molar-refractivity contribution in [3.05, 3.63) is 82.9 Å². The van der Waals surface area contributed by atoms with Gasteiger partial charge >= 0.3 is 0 Å². The molecule has 2 saturated heterocycles. The molecule has 2 fully saturated rings. The smallest absolute Gasteiger partial charge is 0.295 e. The molecule has 2 heterocycles. The van der Waals surface area contributed by atoms with Gasteiger partial charge in [0, 0.05) is 31.7 Å². The first kappa shape index (κ1) is 28.6. The molecule has 0 radical (unpaired) electrons. The number of morpholine rings is 1. The van der Waals surface area contributed by atoms with Crippen molar-refractivity contribution in [1.82, 2.24) is 9.80 Å². The lowest BCUT2D eigenvalue weighted by atomic mass is 9.85. The number of aliphatic hydroxyl groups excluding tert-OH is 1. The fourth-order valence-electron chi connectivity index (χ4n) is 5.20. The molecule has 0 saturated carbocycles. The highest BCUT2D eigenvalue weighted by atomic mass is 16.5. The summed E-state index contributed by atoms with van der Waals surface area (Å²) in [7, 11) is 0. The van der Waals surface area contributed by atoms with Crippen LogP contribution in [0.3, 0.4) is 0 Å². The van der Waals surface area contributed by atoms with Crippen molar-refractivity contribution in [3.63, 3.8) is 0 Å². The molecule has 208 valence electrons. The summed E-state index contributed by atoms with van der Waals surface area (Å²) >= 11 is 0. The van der Waals surface area contributed by atoms with Gasteiger partial charge in [0.15, 0.2) is 0 Å². The first-order chi connectivity index (χ1) is 18.6. The van der Waals surface area contributed by atoms with Gasteiger partial charge in [0.1, 0.15) is 18.1 Å². The molecular formula is C32H40N2O5. The van der Waals surface area contributed by atoms with E-state index in [1.165, 1.54) is 0 Å². The third-order valence-electron chi connectivity index (χ3n) is 7.43. The maximum atomic E-state index is 13.5. The molecule has 0 unspecified atom stereocenters. The van der Waals surface area contributed by atoms with Gasteiger partial charge in [-0.3, -0.25) is 14.5 Å². The summed E-state index contributed by atoms with van der Waals surface area (Å²) in [5, 5.41) is 11.5. The number of amides is 1. The predicted octanol–water partition coefficient (Wildman–Crippen LogP) is 5.00. The van der Waals surface area contributed by atoms with Gasteiger partial charge in [-0.1, -0.05) is 57.7 Å². The number of hydrogen-bond acceptors (Lipinski definition) is 6. The van der Waals surface area contributed by atoms with Crippen LogP contribution in [0.1, 0.15) is 55.5 Å². The molecule has 39 heavy (non-hydrogen) atoms. The summed E-state index contributed by atoms with van der Waals surface area (Å²) in [6.45, 7) is 16.7. The lowest BCUT2D eigenvalue weighted by Gasteiger charge is -2.29. The van der Waals surface area contributed by atoms with E-state index in [1.54, 1.807) is 23.1 Å². The number of carbonyl (C=O) groups is 2. The predicted molar refractivity (Wildman–Crippen MR) is 153 cm³/mol. The Hall–Kier alpha value is -3.42. The van der Waals surface area contributed by atoms with Crippen molar-refractivity contribution < 1.29 is 24.2 Å². The van der Waals surface area contributed by atoms with E-state index in [0.717, 1.165) is 42.7 Å². The van der Waals surface area contributed by atoms with Gasteiger partial charge in [0.2, 0.25) is 0 Å². The lowest BCUT2D eigenvalue weighted by molar-refractivity contribution is -0.140. The first-order valence-corrected chi connectivity index (χ1v) is 13.7. The third kappa shape index (κ3) is 6.43. The van der Waals surface area contributed by atoms with Crippen LogP contribution < -0.4 is 4.74 Å². The lowest BCUT2D eigenvalue weighted by Crippen LogP contribution is -2.39. The fraction of sp³-hybridized carbons (Fsp3) is 0.438. The number of aryl methyl sites for hydroxylation is 1. The van der Waals surface area contributed by atoms with Crippen LogP contribution >= 0.6 is 0 Å². The van der Waals surface area contributed by atoms with Crippen LogP contribution in [0.25, 0.3) is 5.76 Å². The van der Waals surface area contributed by atoms with Crippen molar-refractivity contribution in [2.75, 3.05) is 46.0 Å². The molecule has 4 rings (SSSR count). The van der Waals surface area contributed by atoms with Gasteiger partial charge in [-0.2, -0.15) is 0 Å². The van der Waals surface area contributed by atoms with Gasteiger partial charge in [-0.15, -0.1) is 0 Å². The molecule has 2 aliphatic rings. The number of hydrogen-bond donors (Lipinski definition) is 1. The Labute approximate surface area is 231 Å². The topological polar surface area (TPSA) is 79.3 Å². The summed E-state index contributed by atoms with van der Waals surface area (Å²) in [5.74, 6) is -0.759. The van der Waals surface area contributed by atoms with Crippen molar-refractivity contribution in [3.8, 4) is 5.75 Å². The zero-order valence-electron chi connectivity index (χ0n) is 23.5. The molecule has 0 aliphatic carbocycles. The normalized spacial score (nSPS) is 19.9. The standard InChI is InChI=1S/C32H40N2O5/c1-6-18-39-25-12-13-26(22(2)21-25)29(35)27-28(23-8-10-24(11-9-23)32(3,4)5)34(31(37)30(27)36)15-7-14-33-16-19-38-20-17-33/h6,8-13,21,28,35H,1,7,14-20H2,2-5H3/t28-/m0/s1. The second-order valence-corrected chi connectivity index (χ2v) is 11.2. The Morgan fingerprint density at radius 2 is 1.79 bits per heavy atom. The van der Waals surface area contributed by atoms with E-state index in [-0.39, 0.29) is 16.7 Å². The van der Waals surface area contributed by atoms with Gasteiger partial charge in [-0.05, 0) is 53.6 Å². The highest BCUT2D eigenvalue weighted by molar-refractivity contribution is 6.46. The third-order valence-corrected chi connectivity index (χ3v) is 7.43. The van der Waals surface area contributed by atoms with E-state index < -0.39 is 17.7 Å². The van der Waals surface area contributed by atoms with Crippen LogP contribution in [-0.4, -0.2) is 72.6 Å². The maximum absolute atomic E-state index is 13.5. The van der Waals surface area contributed by atoms with Crippen LogP contribution in [0.2, 0.25) is 0 Å².